The Morgan fingerprint density at radius 1 is 1.15 bits per heavy atom. The maximum atomic E-state index is 5.38. The van der Waals surface area contributed by atoms with Crippen LogP contribution < -0.4 is 14.8 Å². The first kappa shape index (κ1) is 14.5. The minimum absolute atomic E-state index is 0.226. The van der Waals surface area contributed by atoms with Crippen LogP contribution in [-0.4, -0.2) is 21.3 Å². The molecule has 2 rings (SSSR count). The normalized spacial score (nSPS) is 12.2. The Hall–Kier alpha value is -1.94. The molecule has 0 bridgehead atoms. The van der Waals surface area contributed by atoms with E-state index in [1.807, 2.05) is 37.4 Å². The van der Waals surface area contributed by atoms with Gasteiger partial charge in [-0.05, 0) is 43.3 Å². The molecule has 0 amide bonds. The Morgan fingerprint density at radius 3 is 2.35 bits per heavy atom. The number of hydrogen-bond acceptors (Lipinski definition) is 4. The van der Waals surface area contributed by atoms with Crippen molar-refractivity contribution in [3.05, 3.63) is 47.9 Å². The summed E-state index contributed by atoms with van der Waals surface area (Å²) in [4.78, 5) is 0. The highest BCUT2D eigenvalue weighted by Crippen LogP contribution is 2.28. The zero-order chi connectivity index (χ0) is 14.4. The lowest BCUT2D eigenvalue weighted by atomic mass is 10.0. The van der Waals surface area contributed by atoms with Gasteiger partial charge in [0, 0.05) is 18.5 Å². The summed E-state index contributed by atoms with van der Waals surface area (Å²) in [5.41, 5.74) is 1.15. The van der Waals surface area contributed by atoms with Gasteiger partial charge in [-0.25, -0.2) is 0 Å². The van der Waals surface area contributed by atoms with Crippen LogP contribution >= 0.6 is 0 Å². The molecule has 2 aromatic rings. The van der Waals surface area contributed by atoms with Crippen molar-refractivity contribution >= 4 is 0 Å². The van der Waals surface area contributed by atoms with Crippen molar-refractivity contribution in [1.82, 2.24) is 5.32 Å². The van der Waals surface area contributed by atoms with Crippen molar-refractivity contribution in [1.29, 1.82) is 0 Å². The third kappa shape index (κ3) is 3.54. The fraction of sp³-hybridized carbons (Fsp3) is 0.375. The Morgan fingerprint density at radius 2 is 1.85 bits per heavy atom. The molecular weight excluding hydrogens is 254 g/mol. The summed E-state index contributed by atoms with van der Waals surface area (Å²) in [6.45, 7) is 0. The Kier molecular flexibility index (Phi) is 5.07. The minimum atomic E-state index is 0.226. The summed E-state index contributed by atoms with van der Waals surface area (Å²) in [6, 6.07) is 10.1. The number of ether oxygens (including phenoxy) is 2. The Bertz CT molecular complexity index is 500. The predicted molar refractivity (Wildman–Crippen MR) is 78.4 cm³/mol. The zero-order valence-electron chi connectivity index (χ0n) is 12.2. The highest BCUT2D eigenvalue weighted by Gasteiger charge is 2.13. The maximum Gasteiger partial charge on any atom is 0.122 e. The molecule has 0 radical (unpaired) electrons. The van der Waals surface area contributed by atoms with Crippen LogP contribution in [-0.2, 0) is 6.42 Å². The van der Waals surface area contributed by atoms with Crippen molar-refractivity contribution in [3.63, 3.8) is 0 Å². The van der Waals surface area contributed by atoms with Gasteiger partial charge in [0.15, 0.2) is 0 Å². The molecule has 1 atom stereocenters. The summed E-state index contributed by atoms with van der Waals surface area (Å²) in [5, 5.41) is 3.33. The third-order valence-electron chi connectivity index (χ3n) is 3.38. The molecule has 1 aromatic carbocycles. The maximum absolute atomic E-state index is 5.38. The van der Waals surface area contributed by atoms with Crippen molar-refractivity contribution in [2.24, 2.45) is 0 Å². The summed E-state index contributed by atoms with van der Waals surface area (Å²) in [5.74, 6) is 2.61. The minimum Gasteiger partial charge on any atom is -0.497 e. The fourth-order valence-electron chi connectivity index (χ4n) is 2.25. The van der Waals surface area contributed by atoms with E-state index in [0.717, 1.165) is 35.7 Å². The van der Waals surface area contributed by atoms with Crippen LogP contribution in [0.4, 0.5) is 0 Å². The Balaban J connectivity index is 2.13. The zero-order valence-corrected chi connectivity index (χ0v) is 12.2. The molecule has 0 saturated heterocycles. The summed E-state index contributed by atoms with van der Waals surface area (Å²) in [6.07, 6.45) is 3.54. The van der Waals surface area contributed by atoms with Crippen LogP contribution in [0.2, 0.25) is 0 Å². The first-order valence-electron chi connectivity index (χ1n) is 6.69. The molecule has 108 valence electrons. The van der Waals surface area contributed by atoms with Crippen molar-refractivity contribution < 1.29 is 13.9 Å². The van der Waals surface area contributed by atoms with E-state index in [-0.39, 0.29) is 6.04 Å². The van der Waals surface area contributed by atoms with Gasteiger partial charge in [-0.3, -0.25) is 0 Å². The van der Waals surface area contributed by atoms with Crippen LogP contribution in [0.15, 0.2) is 41.0 Å². The fourth-order valence-corrected chi connectivity index (χ4v) is 2.25. The molecule has 4 nitrogen and oxygen atoms in total. The molecule has 0 aliphatic rings. The first-order valence-corrected chi connectivity index (χ1v) is 6.69. The molecule has 0 aliphatic heterocycles. The Labute approximate surface area is 119 Å². The molecule has 0 aliphatic carbocycles. The SMILES string of the molecule is CNC(CCc1ccco1)c1cc(OC)cc(OC)c1. The van der Waals surface area contributed by atoms with Crippen LogP contribution in [0.3, 0.4) is 0 Å². The molecular formula is C16H21NO3. The highest BCUT2D eigenvalue weighted by atomic mass is 16.5. The van der Waals surface area contributed by atoms with E-state index in [2.05, 4.69) is 5.32 Å². The van der Waals surface area contributed by atoms with Crippen LogP contribution in [0, 0.1) is 0 Å². The van der Waals surface area contributed by atoms with Crippen molar-refractivity contribution in [2.45, 2.75) is 18.9 Å². The molecule has 1 unspecified atom stereocenters. The molecule has 1 aromatic heterocycles. The van der Waals surface area contributed by atoms with Gasteiger partial charge < -0.3 is 19.2 Å². The van der Waals surface area contributed by atoms with Gasteiger partial charge in [-0.1, -0.05) is 0 Å². The summed E-state index contributed by atoms with van der Waals surface area (Å²) < 4.78 is 16.0. The summed E-state index contributed by atoms with van der Waals surface area (Å²) >= 11 is 0. The summed E-state index contributed by atoms with van der Waals surface area (Å²) in [7, 11) is 5.28. The lowest BCUT2D eigenvalue weighted by Crippen LogP contribution is -2.17. The molecule has 0 saturated carbocycles. The number of rotatable bonds is 7. The van der Waals surface area contributed by atoms with Crippen molar-refractivity contribution in [2.75, 3.05) is 21.3 Å². The van der Waals surface area contributed by atoms with Gasteiger partial charge in [0.05, 0.1) is 20.5 Å². The number of hydrogen-bond donors (Lipinski definition) is 1. The largest absolute Gasteiger partial charge is 0.497 e. The van der Waals surface area contributed by atoms with E-state index in [0.29, 0.717) is 0 Å². The van der Waals surface area contributed by atoms with E-state index in [1.165, 1.54) is 0 Å². The standard InChI is InChI=1S/C16H21NO3/c1-17-16(7-6-13-5-4-8-20-13)12-9-14(18-2)11-15(10-12)19-3/h4-5,8-11,16-17H,6-7H2,1-3H3. The lowest BCUT2D eigenvalue weighted by molar-refractivity contribution is 0.391. The van der Waals surface area contributed by atoms with Gasteiger partial charge in [0.25, 0.3) is 0 Å². The number of aryl methyl sites for hydroxylation is 1. The smallest absolute Gasteiger partial charge is 0.122 e. The first-order chi connectivity index (χ1) is 9.76. The lowest BCUT2D eigenvalue weighted by Gasteiger charge is -2.18. The van der Waals surface area contributed by atoms with Gasteiger partial charge in [-0.2, -0.15) is 0 Å². The van der Waals surface area contributed by atoms with Gasteiger partial charge in [0.2, 0.25) is 0 Å². The molecule has 20 heavy (non-hydrogen) atoms. The predicted octanol–water partition coefficient (Wildman–Crippen LogP) is 3.19. The topological polar surface area (TPSA) is 43.6 Å². The second kappa shape index (κ2) is 7.01. The third-order valence-corrected chi connectivity index (χ3v) is 3.38. The van der Waals surface area contributed by atoms with Crippen LogP contribution in [0.1, 0.15) is 23.8 Å². The van der Waals surface area contributed by atoms with Gasteiger partial charge in [0.1, 0.15) is 17.3 Å². The van der Waals surface area contributed by atoms with Gasteiger partial charge in [-0.15, -0.1) is 0 Å². The van der Waals surface area contributed by atoms with E-state index in [9.17, 15) is 0 Å². The van der Waals surface area contributed by atoms with Crippen LogP contribution in [0.5, 0.6) is 11.5 Å². The van der Waals surface area contributed by atoms with E-state index in [1.54, 1.807) is 20.5 Å². The number of benzene rings is 1. The highest BCUT2D eigenvalue weighted by molar-refractivity contribution is 5.39. The van der Waals surface area contributed by atoms with Crippen molar-refractivity contribution in [3.8, 4) is 11.5 Å². The second-order valence-electron chi connectivity index (χ2n) is 4.61. The molecule has 0 spiro atoms. The number of methoxy groups -OCH3 is 2. The average molecular weight is 275 g/mol. The number of nitrogens with one attached hydrogen (secondary N) is 1. The van der Waals surface area contributed by atoms with E-state index in [4.69, 9.17) is 13.9 Å². The van der Waals surface area contributed by atoms with E-state index < -0.39 is 0 Å². The van der Waals surface area contributed by atoms with Gasteiger partial charge >= 0.3 is 0 Å². The molecule has 4 heteroatoms. The number of furan rings is 1. The molecule has 1 N–H and O–H groups in total. The monoisotopic (exact) mass is 275 g/mol. The molecule has 0 fully saturated rings. The van der Waals surface area contributed by atoms with E-state index >= 15 is 0 Å². The van der Waals surface area contributed by atoms with Crippen LogP contribution in [0.25, 0.3) is 0 Å². The molecule has 1 heterocycles. The second-order valence-corrected chi connectivity index (χ2v) is 4.61. The quantitative estimate of drug-likeness (QED) is 0.842. The average Bonchev–Trinajstić information content (AvgIpc) is 3.00.